The first-order valence-electron chi connectivity index (χ1n) is 12.1. The number of hydrogen-bond acceptors (Lipinski definition) is 8. The molecule has 0 spiro atoms. The van der Waals surface area contributed by atoms with Crippen molar-refractivity contribution in [1.82, 2.24) is 18.7 Å². The summed E-state index contributed by atoms with van der Waals surface area (Å²) < 4.78 is 8.52. The molecule has 0 aliphatic rings. The maximum absolute atomic E-state index is 13.4. The lowest BCUT2D eigenvalue weighted by Gasteiger charge is -2.16. The number of fused-ring (bicyclic) bond motifs is 1. The van der Waals surface area contributed by atoms with E-state index in [1.807, 2.05) is 34.9 Å². The Morgan fingerprint density at radius 2 is 1.68 bits per heavy atom. The number of methoxy groups -OCH3 is 1. The van der Waals surface area contributed by atoms with Crippen LogP contribution in [0.15, 0.2) is 69.3 Å². The van der Waals surface area contributed by atoms with E-state index in [2.05, 4.69) is 23.6 Å². The molecule has 0 unspecified atom stereocenters. The van der Waals surface area contributed by atoms with Crippen molar-refractivity contribution < 1.29 is 14.3 Å². The van der Waals surface area contributed by atoms with E-state index in [-0.39, 0.29) is 23.7 Å². The van der Waals surface area contributed by atoms with Gasteiger partial charge in [-0.1, -0.05) is 68.1 Å². The van der Waals surface area contributed by atoms with Gasteiger partial charge in [0.2, 0.25) is 0 Å². The number of thioether (sulfide) groups is 1. The van der Waals surface area contributed by atoms with Gasteiger partial charge in [-0.25, -0.2) is 14.3 Å². The monoisotopic (exact) mass is 535 g/mol. The molecular weight excluding hydrogens is 506 g/mol. The van der Waals surface area contributed by atoms with Crippen LogP contribution in [0.1, 0.15) is 29.8 Å². The summed E-state index contributed by atoms with van der Waals surface area (Å²) in [4.78, 5) is 56.6. The lowest BCUT2D eigenvalue weighted by Crippen LogP contribution is -2.45. The average molecular weight is 536 g/mol. The van der Waals surface area contributed by atoms with Crippen LogP contribution in [0.5, 0.6) is 0 Å². The maximum atomic E-state index is 13.4. The standard InChI is InChI=1S/C27H29N5O5S/c1-17(2)13-30-20-12-8-7-11-19(20)29-26(30)38-16-21(33)23-24(28)31(14-18-9-5-4-6-10-18)27(36)32(25(23)35)15-22(34)37-3/h4-12,17H,13-16,28H2,1-3H3. The van der Waals surface area contributed by atoms with E-state index in [1.54, 1.807) is 24.3 Å². The average Bonchev–Trinajstić information content (AvgIpc) is 3.25. The number of ketones is 1. The second-order valence-electron chi connectivity index (χ2n) is 9.18. The summed E-state index contributed by atoms with van der Waals surface area (Å²) in [6.07, 6.45) is 0. The lowest BCUT2D eigenvalue weighted by molar-refractivity contribution is -0.141. The molecule has 4 rings (SSSR count). The van der Waals surface area contributed by atoms with Crippen molar-refractivity contribution in [2.24, 2.45) is 5.92 Å². The Balaban J connectivity index is 1.73. The third-order valence-corrected chi connectivity index (χ3v) is 6.92. The fourth-order valence-electron chi connectivity index (χ4n) is 4.14. The van der Waals surface area contributed by atoms with Gasteiger partial charge < -0.3 is 15.0 Å². The number of Topliss-reactive ketones (excluding diaryl/α,β-unsaturated/α-hetero) is 1. The number of esters is 1. The molecule has 11 heteroatoms. The number of carbonyl (C=O) groups is 2. The highest BCUT2D eigenvalue weighted by Crippen LogP contribution is 2.26. The first-order chi connectivity index (χ1) is 18.2. The van der Waals surface area contributed by atoms with Gasteiger partial charge in [-0.2, -0.15) is 0 Å². The molecule has 198 valence electrons. The summed E-state index contributed by atoms with van der Waals surface area (Å²) in [7, 11) is 1.15. The third-order valence-electron chi connectivity index (χ3n) is 5.94. The molecule has 0 atom stereocenters. The minimum Gasteiger partial charge on any atom is -0.468 e. The quantitative estimate of drug-likeness (QED) is 0.186. The number of ether oxygens (including phenoxy) is 1. The fourth-order valence-corrected chi connectivity index (χ4v) is 5.03. The van der Waals surface area contributed by atoms with Gasteiger partial charge in [0.1, 0.15) is 17.9 Å². The number of benzene rings is 2. The number of nitrogens with zero attached hydrogens (tertiary/aromatic N) is 4. The smallest absolute Gasteiger partial charge is 0.333 e. The molecular formula is C27H29N5O5S. The SMILES string of the molecule is COC(=O)Cn1c(=O)c(C(=O)CSc2nc3ccccc3n2CC(C)C)c(N)n(Cc2ccccc2)c1=O. The number of nitrogens with two attached hydrogens (primary N) is 1. The second kappa shape index (κ2) is 11.5. The molecule has 2 heterocycles. The maximum Gasteiger partial charge on any atom is 0.333 e. The Kier molecular flexibility index (Phi) is 8.16. The van der Waals surface area contributed by atoms with Gasteiger partial charge in [0.25, 0.3) is 5.56 Å². The van der Waals surface area contributed by atoms with E-state index in [0.717, 1.165) is 28.3 Å². The fraction of sp³-hybridized carbons (Fsp3) is 0.296. The van der Waals surface area contributed by atoms with Crippen molar-refractivity contribution in [3.63, 3.8) is 0 Å². The number of carbonyl (C=O) groups excluding carboxylic acids is 2. The molecule has 0 saturated heterocycles. The van der Waals surface area contributed by atoms with Crippen molar-refractivity contribution >= 4 is 40.4 Å². The Morgan fingerprint density at radius 3 is 2.37 bits per heavy atom. The number of rotatable bonds is 10. The Bertz CT molecular complexity index is 1600. The van der Waals surface area contributed by atoms with E-state index in [4.69, 9.17) is 5.73 Å². The van der Waals surface area contributed by atoms with Crippen LogP contribution >= 0.6 is 11.8 Å². The van der Waals surface area contributed by atoms with Crippen molar-refractivity contribution in [3.05, 3.63) is 86.6 Å². The molecule has 0 amide bonds. The van der Waals surface area contributed by atoms with Crippen molar-refractivity contribution in [1.29, 1.82) is 0 Å². The summed E-state index contributed by atoms with van der Waals surface area (Å²) in [6.45, 7) is 4.27. The molecule has 0 bridgehead atoms. The van der Waals surface area contributed by atoms with E-state index >= 15 is 0 Å². The van der Waals surface area contributed by atoms with E-state index in [0.29, 0.717) is 22.2 Å². The zero-order valence-electron chi connectivity index (χ0n) is 21.4. The molecule has 0 aliphatic carbocycles. The van der Waals surface area contributed by atoms with Gasteiger partial charge in [0.15, 0.2) is 10.9 Å². The molecule has 0 radical (unpaired) electrons. The number of para-hydroxylation sites is 2. The minimum atomic E-state index is -0.927. The third kappa shape index (κ3) is 5.57. The topological polar surface area (TPSA) is 131 Å². The van der Waals surface area contributed by atoms with Crippen LogP contribution in [-0.2, 0) is 29.2 Å². The van der Waals surface area contributed by atoms with E-state index in [9.17, 15) is 19.2 Å². The predicted octanol–water partition coefficient (Wildman–Crippen LogP) is 2.79. The second-order valence-corrected chi connectivity index (χ2v) is 10.1. The highest BCUT2D eigenvalue weighted by molar-refractivity contribution is 7.99. The molecule has 2 aromatic heterocycles. The van der Waals surface area contributed by atoms with Crippen LogP contribution in [0.25, 0.3) is 11.0 Å². The Morgan fingerprint density at radius 1 is 1.00 bits per heavy atom. The highest BCUT2D eigenvalue weighted by Gasteiger charge is 2.25. The van der Waals surface area contributed by atoms with Crippen molar-refractivity contribution in [2.75, 3.05) is 18.6 Å². The zero-order valence-corrected chi connectivity index (χ0v) is 22.2. The van der Waals surface area contributed by atoms with Gasteiger partial charge >= 0.3 is 11.7 Å². The summed E-state index contributed by atoms with van der Waals surface area (Å²) in [5, 5.41) is 0.638. The first kappa shape index (κ1) is 26.9. The number of anilines is 1. The number of nitrogen functional groups attached to an aromatic ring is 1. The van der Waals surface area contributed by atoms with Crippen LogP contribution in [0.2, 0.25) is 0 Å². The molecule has 0 saturated carbocycles. The Labute approximate surface area is 223 Å². The van der Waals surface area contributed by atoms with E-state index < -0.39 is 29.5 Å². The summed E-state index contributed by atoms with van der Waals surface area (Å²) in [5.74, 6) is -1.41. The van der Waals surface area contributed by atoms with E-state index in [1.165, 1.54) is 11.8 Å². The number of aromatic nitrogens is 4. The van der Waals surface area contributed by atoms with Gasteiger partial charge in [-0.3, -0.25) is 19.0 Å². The van der Waals surface area contributed by atoms with Gasteiger partial charge in [-0.15, -0.1) is 0 Å². The largest absolute Gasteiger partial charge is 0.468 e. The highest BCUT2D eigenvalue weighted by atomic mass is 32.2. The minimum absolute atomic E-state index is 0.0184. The van der Waals surface area contributed by atoms with Crippen LogP contribution < -0.4 is 17.0 Å². The lowest BCUT2D eigenvalue weighted by atomic mass is 10.2. The Hall–Kier alpha value is -4.12. The summed E-state index contributed by atoms with van der Waals surface area (Å²) in [6, 6.07) is 16.7. The predicted molar refractivity (Wildman–Crippen MR) is 147 cm³/mol. The zero-order chi connectivity index (χ0) is 27.4. The first-order valence-corrected chi connectivity index (χ1v) is 13.0. The van der Waals surface area contributed by atoms with Crippen molar-refractivity contribution in [2.45, 2.75) is 38.6 Å². The van der Waals surface area contributed by atoms with Gasteiger partial charge in [-0.05, 0) is 23.6 Å². The van der Waals surface area contributed by atoms with Crippen LogP contribution in [0, 0.1) is 5.92 Å². The van der Waals surface area contributed by atoms with Crippen LogP contribution in [-0.4, -0.2) is 43.3 Å². The molecule has 0 fully saturated rings. The van der Waals surface area contributed by atoms with Crippen molar-refractivity contribution in [3.8, 4) is 0 Å². The normalized spacial score (nSPS) is 11.3. The molecule has 10 nitrogen and oxygen atoms in total. The van der Waals surface area contributed by atoms with Crippen LogP contribution in [0.4, 0.5) is 5.82 Å². The summed E-state index contributed by atoms with van der Waals surface area (Å²) in [5.41, 5.74) is 6.69. The van der Waals surface area contributed by atoms with Gasteiger partial charge in [0, 0.05) is 6.54 Å². The molecule has 4 aromatic rings. The number of hydrogen-bond donors (Lipinski definition) is 1. The van der Waals surface area contributed by atoms with Gasteiger partial charge in [0.05, 0.1) is 30.4 Å². The van der Waals surface area contributed by atoms with Crippen LogP contribution in [0.3, 0.4) is 0 Å². The molecule has 38 heavy (non-hydrogen) atoms. The molecule has 2 N–H and O–H groups in total. The summed E-state index contributed by atoms with van der Waals surface area (Å²) >= 11 is 1.19. The molecule has 2 aromatic carbocycles. The number of imidazole rings is 1. The molecule has 0 aliphatic heterocycles.